The SMILES string of the molecule is C=NC(OC1CCC(N(C)CCC)CC1)=C(C)C1=CCCC1CC=O. The lowest BCUT2D eigenvalue weighted by molar-refractivity contribution is -0.108. The Balaban J connectivity index is 1.96. The summed E-state index contributed by atoms with van der Waals surface area (Å²) in [6.45, 7) is 9.18. The average Bonchev–Trinajstić information content (AvgIpc) is 3.08. The molecule has 2 aliphatic rings. The van der Waals surface area contributed by atoms with Gasteiger partial charge < -0.3 is 14.4 Å². The van der Waals surface area contributed by atoms with Crippen LogP contribution in [0.1, 0.15) is 65.2 Å². The van der Waals surface area contributed by atoms with Crippen LogP contribution >= 0.6 is 0 Å². The summed E-state index contributed by atoms with van der Waals surface area (Å²) in [5, 5.41) is 0. The molecule has 2 aliphatic carbocycles. The number of allylic oxidation sites excluding steroid dienone is 3. The molecule has 1 atom stereocenters. The minimum Gasteiger partial charge on any atom is -0.474 e. The average molecular weight is 347 g/mol. The molecule has 0 aromatic rings. The summed E-state index contributed by atoms with van der Waals surface area (Å²) in [5.41, 5.74) is 2.29. The van der Waals surface area contributed by atoms with E-state index in [0.29, 0.717) is 24.3 Å². The predicted molar refractivity (Wildman–Crippen MR) is 104 cm³/mol. The second-order valence-corrected chi connectivity index (χ2v) is 7.45. The van der Waals surface area contributed by atoms with Gasteiger partial charge in [0.05, 0.1) is 0 Å². The third-order valence-electron chi connectivity index (χ3n) is 5.72. The van der Waals surface area contributed by atoms with E-state index in [1.807, 2.05) is 0 Å². The molecule has 4 nitrogen and oxygen atoms in total. The number of hydrogen-bond acceptors (Lipinski definition) is 4. The highest BCUT2D eigenvalue weighted by atomic mass is 16.5. The summed E-state index contributed by atoms with van der Waals surface area (Å²) in [6.07, 6.45) is 11.9. The first-order valence-corrected chi connectivity index (χ1v) is 9.79. The molecule has 0 amide bonds. The Morgan fingerprint density at radius 1 is 1.36 bits per heavy atom. The van der Waals surface area contributed by atoms with E-state index in [2.05, 4.69) is 43.6 Å². The zero-order valence-electron chi connectivity index (χ0n) is 16.2. The zero-order chi connectivity index (χ0) is 18.2. The summed E-state index contributed by atoms with van der Waals surface area (Å²) < 4.78 is 6.23. The van der Waals surface area contributed by atoms with E-state index in [-0.39, 0.29) is 6.10 Å². The molecule has 2 rings (SSSR count). The van der Waals surface area contributed by atoms with Crippen LogP contribution in [0.3, 0.4) is 0 Å². The number of carbonyl (C=O) groups excluding carboxylic acids is 1. The van der Waals surface area contributed by atoms with Crippen LogP contribution in [0.15, 0.2) is 28.1 Å². The molecule has 0 radical (unpaired) electrons. The maximum Gasteiger partial charge on any atom is 0.216 e. The summed E-state index contributed by atoms with van der Waals surface area (Å²) in [6, 6.07) is 0.680. The van der Waals surface area contributed by atoms with Crippen LogP contribution in [-0.4, -0.2) is 43.6 Å². The number of ether oxygens (including phenoxy) is 1. The van der Waals surface area contributed by atoms with Gasteiger partial charge in [-0.05, 0) is 83.7 Å². The Hall–Kier alpha value is -1.42. The topological polar surface area (TPSA) is 41.9 Å². The molecule has 0 saturated heterocycles. The largest absolute Gasteiger partial charge is 0.474 e. The van der Waals surface area contributed by atoms with E-state index < -0.39 is 0 Å². The van der Waals surface area contributed by atoms with Crippen molar-refractivity contribution in [3.63, 3.8) is 0 Å². The van der Waals surface area contributed by atoms with Gasteiger partial charge in [0.2, 0.25) is 5.88 Å². The fraction of sp³-hybridized carbons (Fsp3) is 0.714. The summed E-state index contributed by atoms with van der Waals surface area (Å²) in [4.78, 5) is 17.6. The second-order valence-electron chi connectivity index (χ2n) is 7.45. The van der Waals surface area contributed by atoms with E-state index in [1.165, 1.54) is 31.4 Å². The fourth-order valence-electron chi connectivity index (χ4n) is 4.25. The van der Waals surface area contributed by atoms with Gasteiger partial charge in [0, 0.05) is 18.0 Å². The first-order valence-electron chi connectivity index (χ1n) is 9.79. The Morgan fingerprint density at radius 2 is 2.08 bits per heavy atom. The van der Waals surface area contributed by atoms with Crippen LogP contribution in [0.5, 0.6) is 0 Å². The molecule has 0 aromatic heterocycles. The highest BCUT2D eigenvalue weighted by Crippen LogP contribution is 2.35. The van der Waals surface area contributed by atoms with Crippen molar-refractivity contribution in [3.05, 3.63) is 23.1 Å². The molecule has 4 heteroatoms. The van der Waals surface area contributed by atoms with E-state index in [9.17, 15) is 4.79 Å². The minimum atomic E-state index is 0.230. The van der Waals surface area contributed by atoms with Crippen molar-refractivity contribution in [1.29, 1.82) is 0 Å². The standard InChI is InChI=1S/C21H34N2O2/c1-5-14-23(4)18-9-11-19(12-10-18)25-21(22-3)16(2)20-8-6-7-17(20)13-15-24/h8,15,17-19H,3,5-7,9-14H2,1-2,4H3. The van der Waals surface area contributed by atoms with E-state index in [0.717, 1.165) is 37.5 Å². The molecule has 1 fully saturated rings. The Kier molecular flexibility index (Phi) is 7.89. The summed E-state index contributed by atoms with van der Waals surface area (Å²) in [7, 11) is 2.23. The Labute approximate surface area is 153 Å². The van der Waals surface area contributed by atoms with Crippen molar-refractivity contribution in [2.75, 3.05) is 13.6 Å². The number of rotatable bonds is 9. The van der Waals surface area contributed by atoms with Gasteiger partial charge in [0.15, 0.2) is 0 Å². The van der Waals surface area contributed by atoms with Crippen LogP contribution < -0.4 is 0 Å². The number of carbonyl (C=O) groups is 1. The van der Waals surface area contributed by atoms with Crippen LogP contribution in [0, 0.1) is 5.92 Å². The third kappa shape index (κ3) is 5.27. The van der Waals surface area contributed by atoms with Gasteiger partial charge in [0.1, 0.15) is 12.4 Å². The van der Waals surface area contributed by atoms with Crippen LogP contribution in [0.2, 0.25) is 0 Å². The second kappa shape index (κ2) is 9.91. The maximum absolute atomic E-state index is 10.9. The molecule has 0 bridgehead atoms. The Bertz CT molecular complexity index is 516. The van der Waals surface area contributed by atoms with Crippen molar-refractivity contribution >= 4 is 13.0 Å². The van der Waals surface area contributed by atoms with Crippen molar-refractivity contribution in [2.45, 2.75) is 77.4 Å². The molecule has 140 valence electrons. The zero-order valence-corrected chi connectivity index (χ0v) is 16.2. The molecule has 25 heavy (non-hydrogen) atoms. The highest BCUT2D eigenvalue weighted by Gasteiger charge is 2.27. The monoisotopic (exact) mass is 346 g/mol. The first-order chi connectivity index (χ1) is 12.1. The Morgan fingerprint density at radius 3 is 2.68 bits per heavy atom. The highest BCUT2D eigenvalue weighted by molar-refractivity contribution is 5.53. The molecule has 1 unspecified atom stereocenters. The lowest BCUT2D eigenvalue weighted by Crippen LogP contribution is -2.37. The van der Waals surface area contributed by atoms with Gasteiger partial charge in [-0.3, -0.25) is 0 Å². The van der Waals surface area contributed by atoms with Crippen molar-refractivity contribution < 1.29 is 9.53 Å². The molecular formula is C21H34N2O2. The molecule has 0 aliphatic heterocycles. The smallest absolute Gasteiger partial charge is 0.216 e. The van der Waals surface area contributed by atoms with Crippen molar-refractivity contribution in [2.24, 2.45) is 10.9 Å². The molecule has 0 heterocycles. The first kappa shape index (κ1) is 19.9. The number of nitrogens with zero attached hydrogens (tertiary/aromatic N) is 2. The predicted octanol–water partition coefficient (Wildman–Crippen LogP) is 4.51. The molecule has 0 aromatic carbocycles. The normalized spacial score (nSPS) is 27.7. The van der Waals surface area contributed by atoms with Crippen LogP contribution in [-0.2, 0) is 9.53 Å². The van der Waals surface area contributed by atoms with Gasteiger partial charge in [-0.2, -0.15) is 0 Å². The molecule has 1 saturated carbocycles. The van der Waals surface area contributed by atoms with Crippen molar-refractivity contribution in [1.82, 2.24) is 4.90 Å². The minimum absolute atomic E-state index is 0.230. The van der Waals surface area contributed by atoms with Gasteiger partial charge in [0.25, 0.3) is 0 Å². The van der Waals surface area contributed by atoms with Gasteiger partial charge in [-0.15, -0.1) is 0 Å². The molecule has 0 spiro atoms. The summed E-state index contributed by atoms with van der Waals surface area (Å²) in [5.74, 6) is 0.977. The summed E-state index contributed by atoms with van der Waals surface area (Å²) >= 11 is 0. The maximum atomic E-state index is 10.9. The van der Waals surface area contributed by atoms with E-state index in [4.69, 9.17) is 4.74 Å². The quantitative estimate of drug-likeness (QED) is 0.350. The lowest BCUT2D eigenvalue weighted by atomic mass is 9.91. The van der Waals surface area contributed by atoms with Gasteiger partial charge in [-0.1, -0.05) is 13.0 Å². The van der Waals surface area contributed by atoms with E-state index in [1.54, 1.807) is 0 Å². The molecular weight excluding hydrogens is 312 g/mol. The third-order valence-corrected chi connectivity index (χ3v) is 5.72. The van der Waals surface area contributed by atoms with E-state index >= 15 is 0 Å². The van der Waals surface area contributed by atoms with Gasteiger partial charge >= 0.3 is 0 Å². The van der Waals surface area contributed by atoms with Crippen molar-refractivity contribution in [3.8, 4) is 0 Å². The van der Waals surface area contributed by atoms with Crippen LogP contribution in [0.25, 0.3) is 0 Å². The molecule has 0 N–H and O–H groups in total. The number of aldehydes is 1. The number of aliphatic imine (C=N–C) groups is 1. The number of hydrogen-bond donors (Lipinski definition) is 0. The fourth-order valence-corrected chi connectivity index (χ4v) is 4.25. The lowest BCUT2D eigenvalue weighted by Gasteiger charge is -2.34. The van der Waals surface area contributed by atoms with Gasteiger partial charge in [-0.25, -0.2) is 4.99 Å². The van der Waals surface area contributed by atoms with Crippen LogP contribution in [0.4, 0.5) is 0 Å².